The van der Waals surface area contributed by atoms with Crippen LogP contribution in [0.4, 0.5) is 0 Å². The Kier molecular flexibility index (Phi) is 4.92. The van der Waals surface area contributed by atoms with Crippen molar-refractivity contribution in [1.29, 1.82) is 0 Å². The summed E-state index contributed by atoms with van der Waals surface area (Å²) < 4.78 is 4.97. The van der Waals surface area contributed by atoms with E-state index in [1.165, 1.54) is 0 Å². The van der Waals surface area contributed by atoms with Crippen LogP contribution in [-0.2, 0) is 16.1 Å². The van der Waals surface area contributed by atoms with Gasteiger partial charge in [-0.25, -0.2) is 0 Å². The zero-order valence-corrected chi connectivity index (χ0v) is 10.1. The van der Waals surface area contributed by atoms with Crippen LogP contribution in [0.5, 0.6) is 0 Å². The van der Waals surface area contributed by atoms with Crippen molar-refractivity contribution < 1.29 is 9.53 Å². The van der Waals surface area contributed by atoms with Crippen LogP contribution in [0.1, 0.15) is 18.2 Å². The highest BCUT2D eigenvalue weighted by molar-refractivity contribution is 5.73. The lowest BCUT2D eigenvalue weighted by Gasteiger charge is -2.20. The highest BCUT2D eigenvalue weighted by Crippen LogP contribution is 2.04. The van der Waals surface area contributed by atoms with E-state index in [1.54, 1.807) is 25.1 Å². The topological polar surface area (TPSA) is 42.4 Å². The van der Waals surface area contributed by atoms with E-state index in [1.807, 2.05) is 19.1 Å². The third-order valence-electron chi connectivity index (χ3n) is 2.36. The van der Waals surface area contributed by atoms with Gasteiger partial charge >= 0.3 is 0 Å². The number of nitrogens with zero attached hydrogens (tertiary/aromatic N) is 2. The van der Waals surface area contributed by atoms with E-state index in [2.05, 4.69) is 4.98 Å². The number of ether oxygens (including phenoxy) is 1. The van der Waals surface area contributed by atoms with Gasteiger partial charge in [-0.2, -0.15) is 0 Å². The summed E-state index contributed by atoms with van der Waals surface area (Å²) in [6.45, 7) is 5.26. The molecule has 0 unspecified atom stereocenters. The van der Waals surface area contributed by atoms with Gasteiger partial charge in [0.25, 0.3) is 0 Å². The van der Waals surface area contributed by atoms with Crippen molar-refractivity contribution in [3.8, 4) is 0 Å². The molecule has 0 saturated heterocycles. The summed E-state index contributed by atoms with van der Waals surface area (Å²) in [4.78, 5) is 17.3. The lowest BCUT2D eigenvalue weighted by molar-refractivity contribution is -0.130. The van der Waals surface area contributed by atoms with Crippen molar-refractivity contribution in [2.45, 2.75) is 20.4 Å². The molecule has 1 aromatic heterocycles. The van der Waals surface area contributed by atoms with Crippen molar-refractivity contribution in [2.75, 3.05) is 20.3 Å². The van der Waals surface area contributed by atoms with Crippen molar-refractivity contribution in [3.63, 3.8) is 0 Å². The molecule has 16 heavy (non-hydrogen) atoms. The zero-order chi connectivity index (χ0) is 12.0. The Balaban J connectivity index is 2.60. The SMILES string of the molecule is COCCN(Cc1ccc(C)nc1)C(C)=O. The van der Waals surface area contributed by atoms with E-state index in [-0.39, 0.29) is 5.91 Å². The van der Waals surface area contributed by atoms with E-state index in [9.17, 15) is 4.79 Å². The molecule has 1 heterocycles. The molecular formula is C12H18N2O2. The first-order chi connectivity index (χ1) is 7.63. The summed E-state index contributed by atoms with van der Waals surface area (Å²) in [5, 5.41) is 0. The summed E-state index contributed by atoms with van der Waals surface area (Å²) in [5.41, 5.74) is 2.02. The molecule has 1 rings (SSSR count). The van der Waals surface area contributed by atoms with Crippen LogP contribution in [-0.4, -0.2) is 36.1 Å². The zero-order valence-electron chi connectivity index (χ0n) is 10.1. The molecule has 4 heteroatoms. The molecule has 0 radical (unpaired) electrons. The summed E-state index contributed by atoms with van der Waals surface area (Å²) in [7, 11) is 1.63. The molecule has 0 aromatic carbocycles. The first-order valence-corrected chi connectivity index (χ1v) is 5.29. The number of aromatic nitrogens is 1. The molecule has 0 fully saturated rings. The molecule has 0 spiro atoms. The molecule has 0 aliphatic heterocycles. The van der Waals surface area contributed by atoms with Crippen LogP contribution in [0.3, 0.4) is 0 Å². The van der Waals surface area contributed by atoms with Crippen LogP contribution < -0.4 is 0 Å². The highest BCUT2D eigenvalue weighted by Gasteiger charge is 2.08. The predicted octanol–water partition coefficient (Wildman–Crippen LogP) is 1.38. The Morgan fingerprint density at radius 2 is 2.25 bits per heavy atom. The van der Waals surface area contributed by atoms with E-state index in [4.69, 9.17) is 4.74 Å². The fraction of sp³-hybridized carbons (Fsp3) is 0.500. The van der Waals surface area contributed by atoms with E-state index in [0.29, 0.717) is 19.7 Å². The molecule has 0 aliphatic carbocycles. The number of pyridine rings is 1. The Labute approximate surface area is 96.2 Å². The summed E-state index contributed by atoms with van der Waals surface area (Å²) in [6.07, 6.45) is 1.80. The fourth-order valence-corrected chi connectivity index (χ4v) is 1.36. The Morgan fingerprint density at radius 3 is 2.75 bits per heavy atom. The smallest absolute Gasteiger partial charge is 0.219 e. The largest absolute Gasteiger partial charge is 0.383 e. The van der Waals surface area contributed by atoms with Gasteiger partial charge in [0.15, 0.2) is 0 Å². The Bertz CT molecular complexity index is 335. The van der Waals surface area contributed by atoms with Gasteiger partial charge in [-0.15, -0.1) is 0 Å². The molecule has 4 nitrogen and oxygen atoms in total. The third-order valence-corrected chi connectivity index (χ3v) is 2.36. The molecule has 88 valence electrons. The van der Waals surface area contributed by atoms with E-state index >= 15 is 0 Å². The maximum absolute atomic E-state index is 11.4. The summed E-state index contributed by atoms with van der Waals surface area (Å²) >= 11 is 0. The maximum atomic E-state index is 11.4. The predicted molar refractivity (Wildman–Crippen MR) is 61.9 cm³/mol. The second kappa shape index (κ2) is 6.23. The molecule has 0 bridgehead atoms. The minimum absolute atomic E-state index is 0.0534. The first kappa shape index (κ1) is 12.6. The van der Waals surface area contributed by atoms with Crippen molar-refractivity contribution in [2.24, 2.45) is 0 Å². The van der Waals surface area contributed by atoms with Crippen molar-refractivity contribution >= 4 is 5.91 Å². The van der Waals surface area contributed by atoms with Gasteiger partial charge in [0, 0.05) is 39.0 Å². The van der Waals surface area contributed by atoms with Gasteiger partial charge in [0.05, 0.1) is 6.61 Å². The lowest BCUT2D eigenvalue weighted by atomic mass is 10.2. The number of hydrogen-bond acceptors (Lipinski definition) is 3. The quantitative estimate of drug-likeness (QED) is 0.756. The number of carbonyl (C=O) groups is 1. The van der Waals surface area contributed by atoms with Gasteiger partial charge in [0.1, 0.15) is 0 Å². The molecule has 0 aliphatic rings. The summed E-state index contributed by atoms with van der Waals surface area (Å²) in [5.74, 6) is 0.0534. The Hall–Kier alpha value is -1.42. The van der Waals surface area contributed by atoms with E-state index < -0.39 is 0 Å². The minimum atomic E-state index is 0.0534. The van der Waals surface area contributed by atoms with Gasteiger partial charge in [-0.3, -0.25) is 9.78 Å². The Morgan fingerprint density at radius 1 is 1.50 bits per heavy atom. The number of hydrogen-bond donors (Lipinski definition) is 0. The first-order valence-electron chi connectivity index (χ1n) is 5.29. The van der Waals surface area contributed by atoms with E-state index in [0.717, 1.165) is 11.3 Å². The molecule has 0 atom stereocenters. The van der Waals surface area contributed by atoms with Crippen LogP contribution in [0.15, 0.2) is 18.3 Å². The number of amides is 1. The second-order valence-electron chi connectivity index (χ2n) is 3.74. The van der Waals surface area contributed by atoms with Crippen LogP contribution in [0, 0.1) is 6.92 Å². The van der Waals surface area contributed by atoms with Crippen molar-refractivity contribution in [1.82, 2.24) is 9.88 Å². The average molecular weight is 222 g/mol. The maximum Gasteiger partial charge on any atom is 0.219 e. The second-order valence-corrected chi connectivity index (χ2v) is 3.74. The van der Waals surface area contributed by atoms with Gasteiger partial charge in [-0.1, -0.05) is 6.07 Å². The molecule has 1 amide bonds. The fourth-order valence-electron chi connectivity index (χ4n) is 1.36. The van der Waals surface area contributed by atoms with Gasteiger partial charge in [-0.05, 0) is 18.6 Å². The number of carbonyl (C=O) groups excluding carboxylic acids is 1. The van der Waals surface area contributed by atoms with Gasteiger partial charge in [0.2, 0.25) is 5.91 Å². The number of aryl methyl sites for hydroxylation is 1. The summed E-state index contributed by atoms with van der Waals surface area (Å²) in [6, 6.07) is 3.94. The minimum Gasteiger partial charge on any atom is -0.383 e. The normalized spacial score (nSPS) is 10.2. The van der Waals surface area contributed by atoms with Crippen molar-refractivity contribution in [3.05, 3.63) is 29.6 Å². The van der Waals surface area contributed by atoms with Crippen LogP contribution >= 0.6 is 0 Å². The standard InChI is InChI=1S/C12H18N2O2/c1-10-4-5-12(8-13-10)9-14(11(2)15)6-7-16-3/h4-5,8H,6-7,9H2,1-3H3. The van der Waals surface area contributed by atoms with Crippen LogP contribution in [0.2, 0.25) is 0 Å². The monoisotopic (exact) mass is 222 g/mol. The van der Waals surface area contributed by atoms with Gasteiger partial charge < -0.3 is 9.64 Å². The molecular weight excluding hydrogens is 204 g/mol. The molecule has 0 saturated carbocycles. The lowest BCUT2D eigenvalue weighted by Crippen LogP contribution is -2.31. The molecule has 0 N–H and O–H groups in total. The highest BCUT2D eigenvalue weighted by atomic mass is 16.5. The number of rotatable bonds is 5. The number of methoxy groups -OCH3 is 1. The van der Waals surface area contributed by atoms with Crippen LogP contribution in [0.25, 0.3) is 0 Å². The molecule has 1 aromatic rings. The third kappa shape index (κ3) is 3.98. The average Bonchev–Trinajstić information content (AvgIpc) is 2.26.